The topological polar surface area (TPSA) is 73.2 Å². The molecule has 0 aliphatic carbocycles. The van der Waals surface area contributed by atoms with Crippen LogP contribution in [0.15, 0.2) is 48.5 Å². The summed E-state index contributed by atoms with van der Waals surface area (Å²) in [5.74, 6) is -0.254. The fraction of sp³-hybridized carbons (Fsp3) is 0.250. The van der Waals surface area contributed by atoms with Gasteiger partial charge in [0.05, 0.1) is 11.6 Å². The van der Waals surface area contributed by atoms with E-state index in [-0.39, 0.29) is 17.7 Å². The first-order valence-corrected chi connectivity index (χ1v) is 8.80. The van der Waals surface area contributed by atoms with Crippen LogP contribution in [0.4, 0.5) is 5.69 Å². The van der Waals surface area contributed by atoms with Gasteiger partial charge in [-0.25, -0.2) is 0 Å². The van der Waals surface area contributed by atoms with Crippen molar-refractivity contribution in [3.63, 3.8) is 0 Å². The highest BCUT2D eigenvalue weighted by atomic mass is 35.5. The van der Waals surface area contributed by atoms with Crippen LogP contribution in [-0.2, 0) is 4.79 Å². The lowest BCUT2D eigenvalue weighted by Gasteiger charge is -2.31. The summed E-state index contributed by atoms with van der Waals surface area (Å²) in [4.78, 5) is 26.7. The monoisotopic (exact) mass is 367 g/mol. The Hall–Kier alpha value is -2.84. The van der Waals surface area contributed by atoms with Crippen LogP contribution in [0.1, 0.15) is 28.8 Å². The minimum absolute atomic E-state index is 0.0396. The number of carbonyl (C=O) groups excluding carboxylic acids is 2. The van der Waals surface area contributed by atoms with Crippen LogP contribution >= 0.6 is 11.6 Å². The highest BCUT2D eigenvalue weighted by Crippen LogP contribution is 2.22. The maximum atomic E-state index is 12.5. The number of halogens is 1. The van der Waals surface area contributed by atoms with Gasteiger partial charge in [-0.2, -0.15) is 5.26 Å². The van der Waals surface area contributed by atoms with E-state index in [1.165, 1.54) is 0 Å². The van der Waals surface area contributed by atoms with Crippen LogP contribution in [0.25, 0.3) is 0 Å². The molecule has 132 valence electrons. The van der Waals surface area contributed by atoms with E-state index >= 15 is 0 Å². The number of piperidine rings is 1. The maximum absolute atomic E-state index is 12.5. The number of hydrogen-bond donors (Lipinski definition) is 1. The summed E-state index contributed by atoms with van der Waals surface area (Å²) < 4.78 is 0. The molecule has 1 N–H and O–H groups in total. The maximum Gasteiger partial charge on any atom is 0.253 e. The van der Waals surface area contributed by atoms with Gasteiger partial charge >= 0.3 is 0 Å². The Balaban J connectivity index is 1.56. The first kappa shape index (κ1) is 18.0. The van der Waals surface area contributed by atoms with Gasteiger partial charge in [-0.05, 0) is 55.3 Å². The summed E-state index contributed by atoms with van der Waals surface area (Å²) in [5, 5.41) is 12.4. The second-order valence-electron chi connectivity index (χ2n) is 6.26. The number of nitrogens with zero attached hydrogens (tertiary/aromatic N) is 2. The van der Waals surface area contributed by atoms with Crippen LogP contribution in [0.3, 0.4) is 0 Å². The van der Waals surface area contributed by atoms with E-state index in [0.717, 1.165) is 0 Å². The molecule has 2 aromatic rings. The van der Waals surface area contributed by atoms with Crippen molar-refractivity contribution in [3.05, 3.63) is 64.7 Å². The number of hydrogen-bond acceptors (Lipinski definition) is 3. The molecule has 6 heteroatoms. The molecule has 26 heavy (non-hydrogen) atoms. The third-order valence-corrected chi connectivity index (χ3v) is 4.76. The van der Waals surface area contributed by atoms with Gasteiger partial charge in [-0.1, -0.05) is 17.7 Å². The molecule has 0 aromatic heterocycles. The van der Waals surface area contributed by atoms with E-state index < -0.39 is 0 Å². The predicted octanol–water partition coefficient (Wildman–Crippen LogP) is 3.70. The number of likely N-dealkylation sites (tertiary alicyclic amines) is 1. The van der Waals surface area contributed by atoms with Gasteiger partial charge in [0.25, 0.3) is 5.91 Å². The van der Waals surface area contributed by atoms with E-state index in [0.29, 0.717) is 47.8 Å². The van der Waals surface area contributed by atoms with E-state index in [2.05, 4.69) is 11.4 Å². The quantitative estimate of drug-likeness (QED) is 0.898. The molecule has 0 bridgehead atoms. The summed E-state index contributed by atoms with van der Waals surface area (Å²) >= 11 is 5.85. The standard InChI is InChI=1S/C20H18ClN3O2/c21-17-6-4-16(5-7-17)20(26)24-10-8-15(9-11-24)19(25)23-18-3-1-2-14(12-18)13-22/h1-7,12,15H,8-11H2,(H,23,25). The number of nitriles is 1. The Morgan fingerprint density at radius 2 is 1.81 bits per heavy atom. The highest BCUT2D eigenvalue weighted by molar-refractivity contribution is 6.30. The summed E-state index contributed by atoms with van der Waals surface area (Å²) in [6.45, 7) is 1.08. The lowest BCUT2D eigenvalue weighted by molar-refractivity contribution is -0.121. The Morgan fingerprint density at radius 3 is 2.46 bits per heavy atom. The summed E-state index contributed by atoms with van der Waals surface area (Å²) in [6, 6.07) is 15.7. The SMILES string of the molecule is N#Cc1cccc(NC(=O)C2CCN(C(=O)c3ccc(Cl)cc3)CC2)c1. The van der Waals surface area contributed by atoms with Crippen molar-refractivity contribution in [1.82, 2.24) is 4.90 Å². The van der Waals surface area contributed by atoms with Gasteiger partial charge in [0.1, 0.15) is 0 Å². The molecule has 1 heterocycles. The minimum Gasteiger partial charge on any atom is -0.339 e. The van der Waals surface area contributed by atoms with Gasteiger partial charge in [0.2, 0.25) is 5.91 Å². The number of benzene rings is 2. The smallest absolute Gasteiger partial charge is 0.253 e. The van der Waals surface area contributed by atoms with Crippen molar-refractivity contribution < 1.29 is 9.59 Å². The number of anilines is 1. The van der Waals surface area contributed by atoms with Crippen LogP contribution in [-0.4, -0.2) is 29.8 Å². The molecule has 0 saturated carbocycles. The van der Waals surface area contributed by atoms with Crippen molar-refractivity contribution in [2.24, 2.45) is 5.92 Å². The molecule has 1 aliphatic rings. The average molecular weight is 368 g/mol. The van der Waals surface area contributed by atoms with E-state index in [1.807, 2.05) is 0 Å². The summed E-state index contributed by atoms with van der Waals surface area (Å²) in [7, 11) is 0. The molecule has 0 spiro atoms. The Labute approximate surface area is 157 Å². The van der Waals surface area contributed by atoms with Gasteiger partial charge in [-0.15, -0.1) is 0 Å². The first-order chi connectivity index (χ1) is 12.6. The lowest BCUT2D eigenvalue weighted by Crippen LogP contribution is -2.41. The third kappa shape index (κ3) is 4.22. The van der Waals surface area contributed by atoms with Gasteiger partial charge in [-0.3, -0.25) is 9.59 Å². The van der Waals surface area contributed by atoms with Crippen LogP contribution in [0, 0.1) is 17.2 Å². The molecule has 3 rings (SSSR count). The Morgan fingerprint density at radius 1 is 1.12 bits per heavy atom. The Bertz CT molecular complexity index is 850. The fourth-order valence-corrected chi connectivity index (χ4v) is 3.16. The molecular weight excluding hydrogens is 350 g/mol. The average Bonchev–Trinajstić information content (AvgIpc) is 2.68. The van der Waals surface area contributed by atoms with E-state index in [9.17, 15) is 9.59 Å². The first-order valence-electron chi connectivity index (χ1n) is 8.42. The number of rotatable bonds is 3. The fourth-order valence-electron chi connectivity index (χ4n) is 3.03. The van der Waals surface area contributed by atoms with Crippen LogP contribution < -0.4 is 5.32 Å². The second kappa shape index (κ2) is 8.03. The zero-order chi connectivity index (χ0) is 18.5. The molecule has 2 aromatic carbocycles. The Kier molecular flexibility index (Phi) is 5.55. The largest absolute Gasteiger partial charge is 0.339 e. The van der Waals surface area contributed by atoms with Crippen molar-refractivity contribution in [2.75, 3.05) is 18.4 Å². The second-order valence-corrected chi connectivity index (χ2v) is 6.69. The third-order valence-electron chi connectivity index (χ3n) is 4.50. The summed E-state index contributed by atoms with van der Waals surface area (Å²) in [5.41, 5.74) is 1.73. The number of amides is 2. The molecule has 0 radical (unpaired) electrons. The van der Waals surface area contributed by atoms with Gasteiger partial charge < -0.3 is 10.2 Å². The number of carbonyl (C=O) groups is 2. The molecular formula is C20H18ClN3O2. The van der Waals surface area contributed by atoms with E-state index in [1.54, 1.807) is 53.4 Å². The van der Waals surface area contributed by atoms with Gasteiger partial charge in [0.15, 0.2) is 0 Å². The molecule has 0 atom stereocenters. The van der Waals surface area contributed by atoms with Crippen molar-refractivity contribution >= 4 is 29.1 Å². The predicted molar refractivity (Wildman–Crippen MR) is 99.9 cm³/mol. The highest BCUT2D eigenvalue weighted by Gasteiger charge is 2.27. The summed E-state index contributed by atoms with van der Waals surface area (Å²) in [6.07, 6.45) is 1.23. The molecule has 0 unspecified atom stereocenters. The van der Waals surface area contributed by atoms with Crippen molar-refractivity contribution in [2.45, 2.75) is 12.8 Å². The number of nitrogens with one attached hydrogen (secondary N) is 1. The zero-order valence-electron chi connectivity index (χ0n) is 14.1. The van der Waals surface area contributed by atoms with Crippen molar-refractivity contribution in [3.8, 4) is 6.07 Å². The molecule has 1 fully saturated rings. The molecule has 2 amide bonds. The van der Waals surface area contributed by atoms with Crippen LogP contribution in [0.5, 0.6) is 0 Å². The minimum atomic E-state index is -0.144. The zero-order valence-corrected chi connectivity index (χ0v) is 14.9. The van der Waals surface area contributed by atoms with Crippen molar-refractivity contribution in [1.29, 1.82) is 5.26 Å². The molecule has 5 nitrogen and oxygen atoms in total. The van der Waals surface area contributed by atoms with E-state index in [4.69, 9.17) is 16.9 Å². The van der Waals surface area contributed by atoms with Gasteiger partial charge in [0, 0.05) is 35.3 Å². The lowest BCUT2D eigenvalue weighted by atomic mass is 9.95. The molecule has 1 aliphatic heterocycles. The normalized spacial score (nSPS) is 14.5. The van der Waals surface area contributed by atoms with Crippen LogP contribution in [0.2, 0.25) is 5.02 Å². The molecule has 1 saturated heterocycles.